The van der Waals surface area contributed by atoms with Crippen molar-refractivity contribution < 1.29 is 0 Å². The van der Waals surface area contributed by atoms with Crippen LogP contribution in [0.2, 0.25) is 0 Å². The molecule has 0 atom stereocenters. The quantitative estimate of drug-likeness (QED) is 0.241. The maximum Gasteiger partial charge on any atom is -0.00142 e. The summed E-state index contributed by atoms with van der Waals surface area (Å²) in [6.45, 7) is 4.48. The highest BCUT2D eigenvalue weighted by molar-refractivity contribution is 6.32. The molecule has 0 amide bonds. The minimum atomic E-state index is 1.30. The number of hydrogen-bond acceptors (Lipinski definition) is 0. The van der Waals surface area contributed by atoms with Crippen LogP contribution in [-0.4, -0.2) is 0 Å². The molecule has 0 aliphatic rings. The van der Waals surface area contributed by atoms with Gasteiger partial charge in [-0.05, 0) is 78.8 Å². The van der Waals surface area contributed by atoms with E-state index in [1.54, 1.807) is 0 Å². The van der Waals surface area contributed by atoms with Crippen molar-refractivity contribution in [3.63, 3.8) is 0 Å². The van der Waals surface area contributed by atoms with Crippen molar-refractivity contribution in [2.24, 2.45) is 0 Å². The van der Waals surface area contributed by atoms with Gasteiger partial charge < -0.3 is 0 Å². The van der Waals surface area contributed by atoms with Crippen molar-refractivity contribution in [1.29, 1.82) is 0 Å². The van der Waals surface area contributed by atoms with Crippen LogP contribution in [0.5, 0.6) is 0 Å². The van der Waals surface area contributed by atoms with E-state index in [1.165, 1.54) is 65.0 Å². The zero-order chi connectivity index (χ0) is 18.8. The van der Waals surface area contributed by atoms with Gasteiger partial charge in [-0.25, -0.2) is 0 Å². The highest BCUT2D eigenvalue weighted by atomic mass is 14.2. The molecule has 0 saturated carbocycles. The summed E-state index contributed by atoms with van der Waals surface area (Å²) in [5.41, 5.74) is 2.73. The van der Waals surface area contributed by atoms with Gasteiger partial charge in [0.05, 0.1) is 0 Å². The van der Waals surface area contributed by atoms with Crippen LogP contribution in [0.1, 0.15) is 11.1 Å². The normalized spacial score (nSPS) is 11.9. The summed E-state index contributed by atoms with van der Waals surface area (Å²) < 4.78 is 0. The average Bonchev–Trinajstić information content (AvgIpc) is 2.75. The van der Waals surface area contributed by atoms with Gasteiger partial charge in [-0.3, -0.25) is 0 Å². The second-order valence-corrected chi connectivity index (χ2v) is 7.88. The van der Waals surface area contributed by atoms with E-state index in [2.05, 4.69) is 98.8 Å². The Bertz CT molecular complexity index is 1550. The first-order chi connectivity index (χ1) is 13.7. The summed E-state index contributed by atoms with van der Waals surface area (Å²) >= 11 is 0. The fourth-order valence-corrected chi connectivity index (χ4v) is 4.82. The molecule has 0 bridgehead atoms. The maximum atomic E-state index is 2.27. The third-order valence-corrected chi connectivity index (χ3v) is 6.38. The number of aryl methyl sites for hydroxylation is 2. The molecule has 0 heteroatoms. The highest BCUT2D eigenvalue weighted by Gasteiger charge is 2.13. The number of benzene rings is 6. The van der Waals surface area contributed by atoms with E-state index in [1.807, 2.05) is 0 Å². The first-order valence-corrected chi connectivity index (χ1v) is 9.88. The lowest BCUT2D eigenvalue weighted by Gasteiger charge is -2.15. The number of fused-ring (bicyclic) bond motifs is 9. The molecular formula is C28H20. The first-order valence-electron chi connectivity index (χ1n) is 9.88. The summed E-state index contributed by atoms with van der Waals surface area (Å²) in [5, 5.41) is 13.4. The zero-order valence-electron chi connectivity index (χ0n) is 16.1. The third kappa shape index (κ3) is 2.00. The van der Waals surface area contributed by atoms with Crippen LogP contribution >= 0.6 is 0 Å². The predicted octanol–water partition coefficient (Wildman–Crippen LogP) is 8.07. The topological polar surface area (TPSA) is 0 Å². The van der Waals surface area contributed by atoms with Crippen molar-refractivity contribution in [3.8, 4) is 0 Å². The fraction of sp³-hybridized carbons (Fsp3) is 0.0714. The molecule has 0 aliphatic carbocycles. The predicted molar refractivity (Wildman–Crippen MR) is 123 cm³/mol. The van der Waals surface area contributed by atoms with Crippen LogP contribution in [0.15, 0.2) is 84.9 Å². The van der Waals surface area contributed by atoms with E-state index in [-0.39, 0.29) is 0 Å². The zero-order valence-corrected chi connectivity index (χ0v) is 16.1. The molecule has 6 aromatic rings. The van der Waals surface area contributed by atoms with E-state index in [4.69, 9.17) is 0 Å². The van der Waals surface area contributed by atoms with Crippen molar-refractivity contribution >= 4 is 53.9 Å². The smallest absolute Gasteiger partial charge is 0.00142 e. The molecule has 0 radical (unpaired) electrons. The second kappa shape index (κ2) is 5.56. The molecule has 0 fully saturated rings. The Balaban J connectivity index is 2.04. The Morgan fingerprint density at radius 2 is 0.857 bits per heavy atom. The van der Waals surface area contributed by atoms with Crippen molar-refractivity contribution in [2.75, 3.05) is 0 Å². The average molecular weight is 356 g/mol. The molecule has 0 unspecified atom stereocenters. The van der Waals surface area contributed by atoms with Gasteiger partial charge >= 0.3 is 0 Å². The summed E-state index contributed by atoms with van der Waals surface area (Å²) in [4.78, 5) is 0. The lowest BCUT2D eigenvalue weighted by Crippen LogP contribution is -1.89. The lowest BCUT2D eigenvalue weighted by molar-refractivity contribution is 1.39. The van der Waals surface area contributed by atoms with E-state index in [0.717, 1.165) is 0 Å². The van der Waals surface area contributed by atoms with Gasteiger partial charge in [0.25, 0.3) is 0 Å². The van der Waals surface area contributed by atoms with Gasteiger partial charge in [-0.15, -0.1) is 0 Å². The Morgan fingerprint density at radius 1 is 0.393 bits per heavy atom. The fourth-order valence-electron chi connectivity index (χ4n) is 4.82. The second-order valence-electron chi connectivity index (χ2n) is 7.88. The number of hydrogen-bond donors (Lipinski definition) is 0. The molecule has 6 rings (SSSR count). The van der Waals surface area contributed by atoms with Crippen molar-refractivity contribution in [3.05, 3.63) is 96.1 Å². The SMILES string of the molecule is Cc1ccc2ccc3ccc4ccc5ccc6ccccc6c5c4c3c2c1C. The molecule has 0 aromatic heterocycles. The molecule has 0 saturated heterocycles. The van der Waals surface area contributed by atoms with E-state index in [0.29, 0.717) is 0 Å². The Labute approximate surface area is 164 Å². The van der Waals surface area contributed by atoms with Crippen LogP contribution in [-0.2, 0) is 0 Å². The van der Waals surface area contributed by atoms with Gasteiger partial charge in [-0.2, -0.15) is 0 Å². The minimum absolute atomic E-state index is 1.30. The van der Waals surface area contributed by atoms with Crippen LogP contribution in [0, 0.1) is 13.8 Å². The van der Waals surface area contributed by atoms with Gasteiger partial charge in [0, 0.05) is 0 Å². The monoisotopic (exact) mass is 356 g/mol. The molecule has 0 nitrogen and oxygen atoms in total. The summed E-state index contributed by atoms with van der Waals surface area (Å²) in [7, 11) is 0. The third-order valence-electron chi connectivity index (χ3n) is 6.38. The summed E-state index contributed by atoms with van der Waals surface area (Å²) in [6, 6.07) is 31.4. The van der Waals surface area contributed by atoms with Gasteiger partial charge in [0.15, 0.2) is 0 Å². The lowest BCUT2D eigenvalue weighted by atomic mass is 9.89. The molecular weight excluding hydrogens is 336 g/mol. The van der Waals surface area contributed by atoms with Gasteiger partial charge in [-0.1, -0.05) is 84.9 Å². The summed E-state index contributed by atoms with van der Waals surface area (Å²) in [6.07, 6.45) is 0. The molecule has 0 aliphatic heterocycles. The minimum Gasteiger partial charge on any atom is -0.0616 e. The van der Waals surface area contributed by atoms with Crippen LogP contribution in [0.25, 0.3) is 53.9 Å². The Kier molecular flexibility index (Phi) is 3.11. The Morgan fingerprint density at radius 3 is 1.54 bits per heavy atom. The number of rotatable bonds is 0. The van der Waals surface area contributed by atoms with Crippen molar-refractivity contribution in [1.82, 2.24) is 0 Å². The molecule has 132 valence electrons. The van der Waals surface area contributed by atoms with Gasteiger partial charge in [0.2, 0.25) is 0 Å². The first kappa shape index (κ1) is 15.7. The maximum absolute atomic E-state index is 2.27. The van der Waals surface area contributed by atoms with Crippen LogP contribution < -0.4 is 0 Å². The largest absolute Gasteiger partial charge is 0.0616 e. The van der Waals surface area contributed by atoms with Crippen LogP contribution in [0.3, 0.4) is 0 Å². The highest BCUT2D eigenvalue weighted by Crippen LogP contribution is 2.40. The summed E-state index contributed by atoms with van der Waals surface area (Å²) in [5.74, 6) is 0. The molecule has 28 heavy (non-hydrogen) atoms. The van der Waals surface area contributed by atoms with E-state index < -0.39 is 0 Å². The molecule has 0 heterocycles. The van der Waals surface area contributed by atoms with E-state index in [9.17, 15) is 0 Å². The molecule has 0 spiro atoms. The Hall–Kier alpha value is -3.38. The molecule has 0 N–H and O–H groups in total. The molecule has 6 aromatic carbocycles. The van der Waals surface area contributed by atoms with Crippen LogP contribution in [0.4, 0.5) is 0 Å². The standard InChI is InChI=1S/C28H20/c1-17-7-8-20-11-13-22-15-16-23-14-12-21-10-9-19-5-3-4-6-24(19)26(21)28(23)27(22)25(20)18(17)2/h3-16H,1-2H3. The van der Waals surface area contributed by atoms with E-state index >= 15 is 0 Å². The van der Waals surface area contributed by atoms with Gasteiger partial charge in [0.1, 0.15) is 0 Å². The van der Waals surface area contributed by atoms with Crippen molar-refractivity contribution in [2.45, 2.75) is 13.8 Å².